The maximum atomic E-state index is 5.92. The number of hydrogen-bond donors (Lipinski definition) is 1. The highest BCUT2D eigenvalue weighted by Gasteiger charge is 2.14. The van der Waals surface area contributed by atoms with E-state index in [2.05, 4.69) is 12.2 Å². The third kappa shape index (κ3) is 5.18. The molecule has 1 rings (SSSR count). The van der Waals surface area contributed by atoms with Crippen molar-refractivity contribution in [1.29, 1.82) is 0 Å². The summed E-state index contributed by atoms with van der Waals surface area (Å²) in [5.41, 5.74) is 0. The Balaban J connectivity index is 2.06. The monoisotopic (exact) mass is 219 g/mol. The highest BCUT2D eigenvalue weighted by atomic mass is 35.5. The van der Waals surface area contributed by atoms with Gasteiger partial charge < -0.3 is 10.1 Å². The van der Waals surface area contributed by atoms with Crippen molar-refractivity contribution >= 4 is 11.6 Å². The first-order chi connectivity index (χ1) is 6.68. The lowest BCUT2D eigenvalue weighted by Gasteiger charge is -2.25. The van der Waals surface area contributed by atoms with Gasteiger partial charge in [-0.05, 0) is 39.5 Å². The fraction of sp³-hybridized carbons (Fsp3) is 1.00. The second-order valence-electron chi connectivity index (χ2n) is 4.31. The minimum Gasteiger partial charge on any atom is -0.377 e. The molecule has 84 valence electrons. The quantitative estimate of drug-likeness (QED) is 0.718. The Morgan fingerprint density at radius 3 is 2.79 bits per heavy atom. The summed E-state index contributed by atoms with van der Waals surface area (Å²) in [6.45, 7) is 6.13. The van der Waals surface area contributed by atoms with E-state index in [0.717, 1.165) is 19.6 Å². The molecular weight excluding hydrogens is 198 g/mol. The van der Waals surface area contributed by atoms with Gasteiger partial charge in [0.2, 0.25) is 0 Å². The van der Waals surface area contributed by atoms with Crippen molar-refractivity contribution in [3.8, 4) is 0 Å². The topological polar surface area (TPSA) is 21.3 Å². The summed E-state index contributed by atoms with van der Waals surface area (Å²) in [6, 6.07) is 0.494. The molecule has 1 saturated heterocycles. The van der Waals surface area contributed by atoms with Gasteiger partial charge in [0.05, 0.1) is 6.10 Å². The molecule has 0 aromatic carbocycles. The van der Waals surface area contributed by atoms with Crippen LogP contribution in [0.5, 0.6) is 0 Å². The normalized spacial score (nSPS) is 27.2. The molecule has 0 spiro atoms. The van der Waals surface area contributed by atoms with Crippen LogP contribution < -0.4 is 5.32 Å². The summed E-state index contributed by atoms with van der Waals surface area (Å²) in [7, 11) is 0. The Morgan fingerprint density at radius 1 is 1.43 bits per heavy atom. The van der Waals surface area contributed by atoms with Crippen LogP contribution >= 0.6 is 11.6 Å². The van der Waals surface area contributed by atoms with Crippen LogP contribution in [-0.4, -0.2) is 30.7 Å². The summed E-state index contributed by atoms with van der Waals surface area (Å²) >= 11 is 5.92. The zero-order valence-electron chi connectivity index (χ0n) is 9.26. The molecule has 3 atom stereocenters. The van der Waals surface area contributed by atoms with Gasteiger partial charge in [0.25, 0.3) is 0 Å². The van der Waals surface area contributed by atoms with Crippen LogP contribution in [0.25, 0.3) is 0 Å². The van der Waals surface area contributed by atoms with Crippen LogP contribution in [0.15, 0.2) is 0 Å². The average molecular weight is 220 g/mol. The molecule has 3 heteroatoms. The zero-order valence-corrected chi connectivity index (χ0v) is 10.0. The molecule has 1 aliphatic heterocycles. The first kappa shape index (κ1) is 12.3. The molecule has 0 aliphatic carbocycles. The number of hydrogen-bond acceptors (Lipinski definition) is 2. The number of halogens is 1. The molecule has 3 unspecified atom stereocenters. The van der Waals surface area contributed by atoms with Crippen molar-refractivity contribution in [2.75, 3.05) is 13.2 Å². The van der Waals surface area contributed by atoms with Gasteiger partial charge in [-0.2, -0.15) is 0 Å². The Bertz CT molecular complexity index is 146. The molecule has 0 radical (unpaired) electrons. The van der Waals surface area contributed by atoms with Gasteiger partial charge in [0.15, 0.2) is 0 Å². The number of nitrogens with one attached hydrogen (secondary N) is 1. The highest BCUT2D eigenvalue weighted by Crippen LogP contribution is 2.12. The summed E-state index contributed by atoms with van der Waals surface area (Å²) in [6.07, 6.45) is 5.19. The minimum atomic E-state index is 0.254. The van der Waals surface area contributed by atoms with Crippen LogP contribution in [0.2, 0.25) is 0 Å². The Labute approximate surface area is 92.3 Å². The second-order valence-corrected chi connectivity index (χ2v) is 5.06. The van der Waals surface area contributed by atoms with E-state index in [1.54, 1.807) is 0 Å². The number of alkyl halides is 1. The van der Waals surface area contributed by atoms with E-state index in [0.29, 0.717) is 12.1 Å². The lowest BCUT2D eigenvalue weighted by atomic mass is 10.1. The summed E-state index contributed by atoms with van der Waals surface area (Å²) in [5.74, 6) is 0. The molecule has 0 saturated carbocycles. The maximum absolute atomic E-state index is 5.92. The van der Waals surface area contributed by atoms with Crippen LogP contribution in [0.1, 0.15) is 39.5 Å². The maximum Gasteiger partial charge on any atom is 0.0699 e. The van der Waals surface area contributed by atoms with Gasteiger partial charge >= 0.3 is 0 Å². The van der Waals surface area contributed by atoms with Crippen LogP contribution in [0.3, 0.4) is 0 Å². The van der Waals surface area contributed by atoms with Crippen LogP contribution in [0.4, 0.5) is 0 Å². The fourth-order valence-electron chi connectivity index (χ4n) is 1.87. The highest BCUT2D eigenvalue weighted by molar-refractivity contribution is 6.20. The smallest absolute Gasteiger partial charge is 0.0699 e. The van der Waals surface area contributed by atoms with E-state index in [1.165, 1.54) is 19.3 Å². The molecule has 0 aromatic rings. The molecule has 1 fully saturated rings. The summed E-state index contributed by atoms with van der Waals surface area (Å²) in [5, 5.41) is 3.73. The van der Waals surface area contributed by atoms with Gasteiger partial charge in [-0.15, -0.1) is 11.6 Å². The fourth-order valence-corrected chi connectivity index (χ4v) is 2.14. The first-order valence-corrected chi connectivity index (χ1v) is 6.11. The molecule has 1 aliphatic rings. The lowest BCUT2D eigenvalue weighted by molar-refractivity contribution is 0.0155. The van der Waals surface area contributed by atoms with Crippen LogP contribution in [-0.2, 0) is 4.74 Å². The van der Waals surface area contributed by atoms with Crippen molar-refractivity contribution in [3.63, 3.8) is 0 Å². The van der Waals surface area contributed by atoms with E-state index in [-0.39, 0.29) is 5.38 Å². The standard InChI is InChI=1S/C11H22ClNO/c1-9(12)7-10(2)13-8-11-5-3-4-6-14-11/h9-11,13H,3-8H2,1-2H3. The molecule has 1 heterocycles. The Kier molecular flexibility index (Phi) is 5.83. The SMILES string of the molecule is CC(Cl)CC(C)NCC1CCCCO1. The van der Waals surface area contributed by atoms with Crippen LogP contribution in [0, 0.1) is 0 Å². The van der Waals surface area contributed by atoms with Gasteiger partial charge in [-0.3, -0.25) is 0 Å². The molecule has 14 heavy (non-hydrogen) atoms. The molecule has 0 amide bonds. The second kappa shape index (κ2) is 6.65. The van der Waals surface area contributed by atoms with Gasteiger partial charge in [-0.1, -0.05) is 0 Å². The molecular formula is C11H22ClNO. The third-order valence-corrected chi connectivity index (χ3v) is 2.82. The summed E-state index contributed by atoms with van der Waals surface area (Å²) in [4.78, 5) is 0. The van der Waals surface area contributed by atoms with Crippen molar-refractivity contribution in [2.24, 2.45) is 0 Å². The van der Waals surface area contributed by atoms with Crippen molar-refractivity contribution in [2.45, 2.75) is 57.1 Å². The lowest BCUT2D eigenvalue weighted by Crippen LogP contribution is -2.37. The van der Waals surface area contributed by atoms with Gasteiger partial charge in [0.1, 0.15) is 0 Å². The molecule has 0 bridgehead atoms. The van der Waals surface area contributed by atoms with E-state index < -0.39 is 0 Å². The van der Waals surface area contributed by atoms with Crippen molar-refractivity contribution in [1.82, 2.24) is 5.32 Å². The minimum absolute atomic E-state index is 0.254. The largest absolute Gasteiger partial charge is 0.377 e. The third-order valence-electron chi connectivity index (χ3n) is 2.65. The summed E-state index contributed by atoms with van der Waals surface area (Å²) < 4.78 is 5.64. The van der Waals surface area contributed by atoms with E-state index in [9.17, 15) is 0 Å². The molecule has 1 N–H and O–H groups in total. The number of rotatable bonds is 5. The first-order valence-electron chi connectivity index (χ1n) is 5.67. The molecule has 0 aromatic heterocycles. The van der Waals surface area contributed by atoms with E-state index >= 15 is 0 Å². The molecule has 2 nitrogen and oxygen atoms in total. The van der Waals surface area contributed by atoms with Crippen molar-refractivity contribution < 1.29 is 4.74 Å². The number of ether oxygens (including phenoxy) is 1. The zero-order chi connectivity index (χ0) is 10.4. The average Bonchev–Trinajstić information content (AvgIpc) is 2.15. The van der Waals surface area contributed by atoms with Crippen molar-refractivity contribution in [3.05, 3.63) is 0 Å². The van der Waals surface area contributed by atoms with E-state index in [4.69, 9.17) is 16.3 Å². The van der Waals surface area contributed by atoms with Gasteiger partial charge in [-0.25, -0.2) is 0 Å². The van der Waals surface area contributed by atoms with E-state index in [1.807, 2.05) is 6.92 Å². The predicted molar refractivity (Wildman–Crippen MR) is 61.0 cm³/mol. The van der Waals surface area contributed by atoms with Gasteiger partial charge in [0, 0.05) is 24.6 Å². The Morgan fingerprint density at radius 2 is 2.21 bits per heavy atom. The predicted octanol–water partition coefficient (Wildman–Crippen LogP) is 2.55. The Hall–Kier alpha value is 0.210.